The molecule has 1 saturated heterocycles. The van der Waals surface area contributed by atoms with Crippen LogP contribution in [0.1, 0.15) is 46.4 Å². The average molecular weight is 330 g/mol. The fraction of sp³-hybridized carbons (Fsp3) is 0.444. The van der Waals surface area contributed by atoms with Gasteiger partial charge in [0.2, 0.25) is 0 Å². The molecule has 4 nitrogen and oxygen atoms in total. The second kappa shape index (κ2) is 7.23. The number of hydrogen-bond acceptors (Lipinski definition) is 4. The van der Waals surface area contributed by atoms with Gasteiger partial charge in [0.15, 0.2) is 0 Å². The number of aromatic nitrogens is 1. The van der Waals surface area contributed by atoms with Crippen LogP contribution in [0.3, 0.4) is 0 Å². The first-order valence-electron chi connectivity index (χ1n) is 8.13. The number of benzene rings is 1. The Hall–Kier alpha value is -1.72. The van der Waals surface area contributed by atoms with Crippen LogP contribution >= 0.6 is 11.3 Å². The Bertz CT molecular complexity index is 654. The second-order valence-corrected chi connectivity index (χ2v) is 7.20. The van der Waals surface area contributed by atoms with E-state index in [0.717, 1.165) is 37.2 Å². The van der Waals surface area contributed by atoms with E-state index in [0.29, 0.717) is 4.88 Å². The van der Waals surface area contributed by atoms with Crippen LogP contribution in [0.25, 0.3) is 0 Å². The molecule has 1 aliphatic rings. The molecule has 1 N–H and O–H groups in total. The van der Waals surface area contributed by atoms with E-state index in [4.69, 9.17) is 0 Å². The van der Waals surface area contributed by atoms with Crippen molar-refractivity contribution in [2.75, 3.05) is 6.54 Å². The van der Waals surface area contributed by atoms with Crippen LogP contribution in [0.5, 0.6) is 0 Å². The van der Waals surface area contributed by atoms with Crippen molar-refractivity contribution in [3.8, 4) is 0 Å². The highest BCUT2D eigenvalue weighted by Crippen LogP contribution is 2.25. The first-order chi connectivity index (χ1) is 11.1. The van der Waals surface area contributed by atoms with Crippen LogP contribution in [-0.4, -0.2) is 39.6 Å². The highest BCUT2D eigenvalue weighted by atomic mass is 32.1. The minimum atomic E-state index is -0.490. The van der Waals surface area contributed by atoms with E-state index in [-0.39, 0.29) is 11.9 Å². The van der Waals surface area contributed by atoms with Gasteiger partial charge in [-0.15, -0.1) is 11.3 Å². The van der Waals surface area contributed by atoms with Gasteiger partial charge in [0.05, 0.1) is 23.4 Å². The first-order valence-corrected chi connectivity index (χ1v) is 8.94. The molecule has 1 fully saturated rings. The van der Waals surface area contributed by atoms with Gasteiger partial charge in [-0.2, -0.15) is 0 Å². The summed E-state index contributed by atoms with van der Waals surface area (Å²) in [6, 6.07) is 10.1. The molecule has 0 aliphatic carbocycles. The largest absolute Gasteiger partial charge is 0.391 e. The predicted octanol–water partition coefficient (Wildman–Crippen LogP) is 3.11. The molecule has 1 aromatic heterocycles. The van der Waals surface area contributed by atoms with E-state index < -0.39 is 6.10 Å². The molecular formula is C18H22N2O2S. The number of nitrogens with zero attached hydrogens (tertiary/aromatic N) is 2. The molecule has 0 radical (unpaired) electrons. The molecule has 0 spiro atoms. The van der Waals surface area contributed by atoms with Gasteiger partial charge in [-0.05, 0) is 31.7 Å². The summed E-state index contributed by atoms with van der Waals surface area (Å²) in [6.45, 7) is 2.49. The number of rotatable bonds is 4. The van der Waals surface area contributed by atoms with Crippen LogP contribution < -0.4 is 0 Å². The molecule has 1 aromatic carbocycles. The predicted molar refractivity (Wildman–Crippen MR) is 91.7 cm³/mol. The fourth-order valence-corrected chi connectivity index (χ4v) is 4.02. The zero-order valence-electron chi connectivity index (χ0n) is 13.3. The van der Waals surface area contributed by atoms with E-state index in [9.17, 15) is 9.90 Å². The zero-order chi connectivity index (χ0) is 16.2. The average Bonchev–Trinajstić information content (AvgIpc) is 3.03. The lowest BCUT2D eigenvalue weighted by molar-refractivity contribution is 0.0284. The highest BCUT2D eigenvalue weighted by molar-refractivity contribution is 7.13. The van der Waals surface area contributed by atoms with Gasteiger partial charge >= 0.3 is 0 Å². The van der Waals surface area contributed by atoms with Gasteiger partial charge in [0.25, 0.3) is 5.91 Å². The number of amides is 1. The van der Waals surface area contributed by atoms with Crippen molar-refractivity contribution in [3.63, 3.8) is 0 Å². The van der Waals surface area contributed by atoms with Gasteiger partial charge in [0.1, 0.15) is 4.88 Å². The molecule has 2 atom stereocenters. The van der Waals surface area contributed by atoms with Gasteiger partial charge in [-0.3, -0.25) is 4.79 Å². The van der Waals surface area contributed by atoms with Crippen molar-refractivity contribution < 1.29 is 9.90 Å². The quantitative estimate of drug-likeness (QED) is 0.937. The van der Waals surface area contributed by atoms with Crippen LogP contribution in [-0.2, 0) is 6.42 Å². The number of likely N-dealkylation sites (tertiary alicyclic amines) is 1. The van der Waals surface area contributed by atoms with Crippen LogP contribution in [0, 0.1) is 0 Å². The lowest BCUT2D eigenvalue weighted by Gasteiger charge is -2.37. The third kappa shape index (κ3) is 3.79. The van der Waals surface area contributed by atoms with Crippen molar-refractivity contribution in [3.05, 3.63) is 52.0 Å². The Kier molecular flexibility index (Phi) is 5.08. The van der Waals surface area contributed by atoms with E-state index in [1.54, 1.807) is 13.1 Å². The van der Waals surface area contributed by atoms with Crippen molar-refractivity contribution in [2.24, 2.45) is 0 Å². The van der Waals surface area contributed by atoms with Crippen LogP contribution in [0.15, 0.2) is 36.5 Å². The summed E-state index contributed by atoms with van der Waals surface area (Å²) < 4.78 is 0. The summed E-state index contributed by atoms with van der Waals surface area (Å²) >= 11 is 1.46. The second-order valence-electron chi connectivity index (χ2n) is 6.08. The molecule has 23 heavy (non-hydrogen) atoms. The maximum Gasteiger partial charge on any atom is 0.265 e. The topological polar surface area (TPSA) is 53.4 Å². The molecule has 2 heterocycles. The Balaban J connectivity index is 1.72. The van der Waals surface area contributed by atoms with Crippen molar-refractivity contribution >= 4 is 17.2 Å². The Labute approximate surface area is 140 Å². The number of carbonyl (C=O) groups is 1. The molecular weight excluding hydrogens is 308 g/mol. The Morgan fingerprint density at radius 2 is 2.17 bits per heavy atom. The van der Waals surface area contributed by atoms with Crippen molar-refractivity contribution in [1.29, 1.82) is 0 Å². The minimum Gasteiger partial charge on any atom is -0.391 e. The third-order valence-electron chi connectivity index (χ3n) is 4.33. The maximum atomic E-state index is 12.8. The smallest absolute Gasteiger partial charge is 0.265 e. The normalized spacial score (nSPS) is 19.6. The number of thiazole rings is 1. The summed E-state index contributed by atoms with van der Waals surface area (Å²) in [4.78, 5) is 19.7. The van der Waals surface area contributed by atoms with Crippen LogP contribution in [0.2, 0.25) is 0 Å². The summed E-state index contributed by atoms with van der Waals surface area (Å²) in [6.07, 6.45) is 4.89. The van der Waals surface area contributed by atoms with Gasteiger partial charge < -0.3 is 10.0 Å². The Morgan fingerprint density at radius 3 is 2.91 bits per heavy atom. The summed E-state index contributed by atoms with van der Waals surface area (Å²) in [5, 5.41) is 10.9. The van der Waals surface area contributed by atoms with E-state index in [1.807, 2.05) is 23.1 Å². The monoisotopic (exact) mass is 330 g/mol. The van der Waals surface area contributed by atoms with E-state index in [1.165, 1.54) is 16.9 Å². The molecule has 122 valence electrons. The summed E-state index contributed by atoms with van der Waals surface area (Å²) in [7, 11) is 0. The molecule has 2 aromatic rings. The maximum absolute atomic E-state index is 12.8. The van der Waals surface area contributed by atoms with Gasteiger partial charge in [-0.1, -0.05) is 30.3 Å². The number of hydrogen-bond donors (Lipinski definition) is 1. The molecule has 5 heteroatoms. The lowest BCUT2D eigenvalue weighted by atomic mass is 9.98. The third-order valence-corrected chi connectivity index (χ3v) is 5.31. The van der Waals surface area contributed by atoms with Gasteiger partial charge in [-0.25, -0.2) is 4.98 Å². The molecule has 1 amide bonds. The number of piperidine rings is 1. The van der Waals surface area contributed by atoms with E-state index in [2.05, 4.69) is 17.1 Å². The summed E-state index contributed by atoms with van der Waals surface area (Å²) in [5.41, 5.74) is 1.20. The minimum absolute atomic E-state index is 0.00686. The summed E-state index contributed by atoms with van der Waals surface area (Å²) in [5.74, 6) is 0.00686. The van der Waals surface area contributed by atoms with Crippen LogP contribution in [0.4, 0.5) is 0 Å². The molecule has 0 saturated carbocycles. The highest BCUT2D eigenvalue weighted by Gasteiger charge is 2.31. The molecule has 3 rings (SSSR count). The first kappa shape index (κ1) is 16.1. The number of carbonyl (C=O) groups excluding carboxylic acids is 1. The lowest BCUT2D eigenvalue weighted by Crippen LogP contribution is -2.48. The zero-order valence-corrected chi connectivity index (χ0v) is 14.1. The molecule has 0 bridgehead atoms. The fourth-order valence-electron chi connectivity index (χ4n) is 3.11. The Morgan fingerprint density at radius 1 is 1.39 bits per heavy atom. The SMILES string of the molecule is CC(O)C1CCCCN1C(=O)c1cnc(Cc2ccccc2)s1. The molecule has 2 unspecified atom stereocenters. The number of aliphatic hydroxyl groups is 1. The standard InChI is InChI=1S/C18H22N2O2S/c1-13(21)15-9-5-6-10-20(15)18(22)16-12-19-17(23-16)11-14-7-3-2-4-8-14/h2-4,7-8,12-13,15,21H,5-6,9-11H2,1H3. The van der Waals surface area contributed by atoms with E-state index >= 15 is 0 Å². The molecule has 1 aliphatic heterocycles. The van der Waals surface area contributed by atoms with Gasteiger partial charge in [0, 0.05) is 13.0 Å². The number of aliphatic hydroxyl groups excluding tert-OH is 1. The van der Waals surface area contributed by atoms with Crippen molar-refractivity contribution in [2.45, 2.75) is 44.8 Å². The van der Waals surface area contributed by atoms with Crippen molar-refractivity contribution in [1.82, 2.24) is 9.88 Å².